The number of nitrogens with one attached hydrogen (secondary N) is 2. The molecular formula is C20H24BN5O2. The minimum Gasteiger partial charge on any atom is -0.507 e. The molecule has 1 aliphatic rings. The molecule has 0 bridgehead atoms. The van der Waals surface area contributed by atoms with Crippen LogP contribution in [0.5, 0.6) is 5.75 Å². The summed E-state index contributed by atoms with van der Waals surface area (Å²) in [6, 6.07) is 9.10. The fraction of sp³-hybridized carbons (Fsp3) is 0.350. The summed E-state index contributed by atoms with van der Waals surface area (Å²) in [5, 5.41) is 21.0. The highest BCUT2D eigenvalue weighted by atomic mass is 16.3. The van der Waals surface area contributed by atoms with Gasteiger partial charge in [-0.2, -0.15) is 9.61 Å². The summed E-state index contributed by atoms with van der Waals surface area (Å²) in [7, 11) is 1.97. The van der Waals surface area contributed by atoms with Crippen molar-refractivity contribution in [1.29, 1.82) is 0 Å². The Morgan fingerprint density at radius 3 is 2.82 bits per heavy atom. The summed E-state index contributed by atoms with van der Waals surface area (Å²) in [5.41, 5.74) is 3.13. The van der Waals surface area contributed by atoms with E-state index in [4.69, 9.17) is 0 Å². The zero-order valence-electron chi connectivity index (χ0n) is 16.0. The second-order valence-corrected chi connectivity index (χ2v) is 7.31. The lowest BCUT2D eigenvalue weighted by Gasteiger charge is -2.12. The van der Waals surface area contributed by atoms with Crippen LogP contribution in [-0.2, 0) is 4.79 Å². The molecule has 0 radical (unpaired) electrons. The minimum absolute atomic E-state index is 0.197. The number of para-hydroxylation sites is 1. The van der Waals surface area contributed by atoms with Gasteiger partial charge in [-0.25, -0.2) is 4.98 Å². The molecule has 144 valence electrons. The number of phenols is 1. The Bertz CT molecular complexity index is 999. The molecule has 1 fully saturated rings. The number of carbonyl (C=O) groups excluding carboxylic acids is 1. The number of phenolic OH excluding ortho intramolecular Hbond substituents is 1. The molecule has 0 atom stereocenters. The van der Waals surface area contributed by atoms with Crippen LogP contribution >= 0.6 is 0 Å². The first-order valence-corrected chi connectivity index (χ1v) is 9.79. The fourth-order valence-corrected chi connectivity index (χ4v) is 3.19. The van der Waals surface area contributed by atoms with Gasteiger partial charge in [0, 0.05) is 36.8 Å². The Kier molecular flexibility index (Phi) is 5.19. The molecule has 2 aromatic heterocycles. The molecule has 28 heavy (non-hydrogen) atoms. The second kappa shape index (κ2) is 7.92. The van der Waals surface area contributed by atoms with E-state index < -0.39 is 0 Å². The number of hydrogen-bond acceptors (Lipinski definition) is 5. The van der Waals surface area contributed by atoms with Crippen molar-refractivity contribution in [2.24, 2.45) is 5.92 Å². The number of hydrogen-bond donors (Lipinski definition) is 3. The van der Waals surface area contributed by atoms with Crippen molar-refractivity contribution in [2.45, 2.75) is 25.7 Å². The monoisotopic (exact) mass is 377 g/mol. The van der Waals surface area contributed by atoms with Crippen molar-refractivity contribution in [3.05, 3.63) is 36.5 Å². The van der Waals surface area contributed by atoms with Crippen molar-refractivity contribution in [1.82, 2.24) is 19.9 Å². The average Bonchev–Trinajstić information content (AvgIpc) is 3.48. The number of aromatic hydroxyl groups is 1. The van der Waals surface area contributed by atoms with Crippen molar-refractivity contribution in [3.8, 4) is 17.0 Å². The SMILES string of the molecule is Bc1cnn2c(NCCCCNC(=O)C3CC3)cc(-c3ccccc3O)nc12. The van der Waals surface area contributed by atoms with Crippen LogP contribution in [0.1, 0.15) is 25.7 Å². The van der Waals surface area contributed by atoms with E-state index in [0.717, 1.165) is 49.2 Å². The highest BCUT2D eigenvalue weighted by Gasteiger charge is 2.28. The molecule has 1 aromatic carbocycles. The predicted molar refractivity (Wildman–Crippen MR) is 112 cm³/mol. The van der Waals surface area contributed by atoms with E-state index in [9.17, 15) is 9.90 Å². The number of rotatable bonds is 8. The number of anilines is 1. The molecule has 1 saturated carbocycles. The molecule has 0 unspecified atom stereocenters. The van der Waals surface area contributed by atoms with Crippen LogP contribution in [0.25, 0.3) is 16.9 Å². The first-order chi connectivity index (χ1) is 13.6. The van der Waals surface area contributed by atoms with Gasteiger partial charge in [0.2, 0.25) is 5.91 Å². The number of carbonyl (C=O) groups is 1. The number of nitrogens with zero attached hydrogens (tertiary/aromatic N) is 3. The van der Waals surface area contributed by atoms with Gasteiger partial charge in [0.15, 0.2) is 5.65 Å². The van der Waals surface area contributed by atoms with Gasteiger partial charge in [0.1, 0.15) is 19.4 Å². The standard InChI is InChI=1S/C20H24BN5O2/c21-15-12-24-26-18(22-9-3-4-10-23-20(28)13-7-8-13)11-16(25-19(15)26)14-5-1-2-6-17(14)27/h1-2,5-6,11-13,22,27H,3-4,7-10,21H2,(H,23,28). The van der Waals surface area contributed by atoms with Crippen molar-refractivity contribution in [3.63, 3.8) is 0 Å². The predicted octanol–water partition coefficient (Wildman–Crippen LogP) is 1.08. The number of benzene rings is 1. The third-order valence-electron chi connectivity index (χ3n) is 4.99. The Morgan fingerprint density at radius 1 is 1.25 bits per heavy atom. The summed E-state index contributed by atoms with van der Waals surface area (Å²) in [6.07, 6.45) is 5.71. The van der Waals surface area contributed by atoms with E-state index in [1.165, 1.54) is 0 Å². The molecule has 0 spiro atoms. The van der Waals surface area contributed by atoms with Crippen LogP contribution in [0.15, 0.2) is 36.5 Å². The fourth-order valence-electron chi connectivity index (χ4n) is 3.19. The first kappa shape index (κ1) is 18.3. The van der Waals surface area contributed by atoms with E-state index in [0.29, 0.717) is 17.8 Å². The van der Waals surface area contributed by atoms with Crippen LogP contribution in [0.4, 0.5) is 5.82 Å². The summed E-state index contributed by atoms with van der Waals surface area (Å²) < 4.78 is 1.79. The van der Waals surface area contributed by atoms with Gasteiger partial charge in [-0.3, -0.25) is 4.79 Å². The highest BCUT2D eigenvalue weighted by Crippen LogP contribution is 2.29. The number of amides is 1. The molecule has 1 aliphatic carbocycles. The van der Waals surface area contributed by atoms with Gasteiger partial charge in [0.05, 0.1) is 5.69 Å². The highest BCUT2D eigenvalue weighted by molar-refractivity contribution is 6.36. The zero-order chi connectivity index (χ0) is 19.5. The van der Waals surface area contributed by atoms with Crippen molar-refractivity contribution in [2.75, 3.05) is 18.4 Å². The van der Waals surface area contributed by atoms with Gasteiger partial charge in [0.25, 0.3) is 0 Å². The normalized spacial score (nSPS) is 13.6. The lowest BCUT2D eigenvalue weighted by molar-refractivity contribution is -0.122. The number of fused-ring (bicyclic) bond motifs is 1. The third-order valence-corrected chi connectivity index (χ3v) is 4.99. The van der Waals surface area contributed by atoms with Crippen LogP contribution in [0.3, 0.4) is 0 Å². The van der Waals surface area contributed by atoms with E-state index in [-0.39, 0.29) is 17.6 Å². The van der Waals surface area contributed by atoms with Gasteiger partial charge < -0.3 is 15.7 Å². The number of unbranched alkanes of at least 4 members (excludes halogenated alkanes) is 1. The summed E-state index contributed by atoms with van der Waals surface area (Å²) >= 11 is 0. The Hall–Kier alpha value is -3.03. The van der Waals surface area contributed by atoms with Gasteiger partial charge >= 0.3 is 0 Å². The van der Waals surface area contributed by atoms with Gasteiger partial charge in [-0.15, -0.1) is 0 Å². The van der Waals surface area contributed by atoms with Gasteiger partial charge in [-0.05, 0) is 43.3 Å². The minimum atomic E-state index is 0.197. The Balaban J connectivity index is 1.44. The summed E-state index contributed by atoms with van der Waals surface area (Å²) in [5.74, 6) is 1.49. The maximum Gasteiger partial charge on any atom is 0.223 e. The third kappa shape index (κ3) is 3.95. The van der Waals surface area contributed by atoms with E-state index in [1.807, 2.05) is 26.0 Å². The number of aromatic nitrogens is 3. The first-order valence-electron chi connectivity index (χ1n) is 9.79. The average molecular weight is 377 g/mol. The molecule has 3 N–H and O–H groups in total. The molecule has 3 aromatic rings. The summed E-state index contributed by atoms with van der Waals surface area (Å²) in [6.45, 7) is 1.48. The summed E-state index contributed by atoms with van der Waals surface area (Å²) in [4.78, 5) is 16.3. The maximum atomic E-state index is 11.6. The van der Waals surface area contributed by atoms with Crippen molar-refractivity contribution >= 4 is 30.7 Å². The van der Waals surface area contributed by atoms with Crippen LogP contribution < -0.4 is 16.1 Å². The van der Waals surface area contributed by atoms with Crippen LogP contribution in [-0.4, -0.2) is 46.5 Å². The van der Waals surface area contributed by atoms with Gasteiger partial charge in [-0.1, -0.05) is 12.1 Å². The topological polar surface area (TPSA) is 91.5 Å². The van der Waals surface area contributed by atoms with E-state index >= 15 is 0 Å². The molecule has 0 aliphatic heterocycles. The molecule has 0 saturated heterocycles. The second-order valence-electron chi connectivity index (χ2n) is 7.31. The van der Waals surface area contributed by atoms with Crippen LogP contribution in [0.2, 0.25) is 0 Å². The Labute approximate surface area is 164 Å². The molecular weight excluding hydrogens is 353 g/mol. The molecule has 8 heteroatoms. The largest absolute Gasteiger partial charge is 0.507 e. The van der Waals surface area contributed by atoms with E-state index in [1.54, 1.807) is 22.8 Å². The quantitative estimate of drug-likeness (QED) is 0.404. The molecule has 1 amide bonds. The van der Waals surface area contributed by atoms with Crippen LogP contribution in [0, 0.1) is 5.92 Å². The molecule has 7 nitrogen and oxygen atoms in total. The zero-order valence-corrected chi connectivity index (χ0v) is 16.0. The molecule has 4 rings (SSSR count). The maximum absolute atomic E-state index is 11.6. The van der Waals surface area contributed by atoms with Crippen molar-refractivity contribution < 1.29 is 9.90 Å². The lowest BCUT2D eigenvalue weighted by atomic mass is 10.0. The van der Waals surface area contributed by atoms with E-state index in [2.05, 4.69) is 20.7 Å². The molecule has 2 heterocycles. The Morgan fingerprint density at radius 2 is 2.04 bits per heavy atom. The smallest absolute Gasteiger partial charge is 0.223 e. The lowest BCUT2D eigenvalue weighted by Crippen LogP contribution is -2.26.